The molecule has 0 aliphatic heterocycles. The molecule has 0 aliphatic rings. The van der Waals surface area contributed by atoms with Crippen LogP contribution in [0.1, 0.15) is 5.69 Å². The van der Waals surface area contributed by atoms with Gasteiger partial charge in [-0.1, -0.05) is 18.2 Å². The molecule has 3 aromatic rings. The van der Waals surface area contributed by atoms with Crippen molar-refractivity contribution in [1.82, 2.24) is 4.98 Å². The molecule has 0 aliphatic carbocycles. The maximum Gasteiger partial charge on any atom is 0.316 e. The van der Waals surface area contributed by atoms with Gasteiger partial charge in [-0.25, -0.2) is 14.2 Å². The number of hydrogen-bond donors (Lipinski definition) is 3. The zero-order chi connectivity index (χ0) is 18.5. The average Bonchev–Trinajstić information content (AvgIpc) is 3.03. The van der Waals surface area contributed by atoms with Crippen molar-refractivity contribution in [2.75, 3.05) is 10.6 Å². The Morgan fingerprint density at radius 2 is 1.81 bits per heavy atom. The van der Waals surface area contributed by atoms with Gasteiger partial charge in [-0.05, 0) is 30.3 Å². The minimum absolute atomic E-state index is 0.0826. The second-order valence-electron chi connectivity index (χ2n) is 5.45. The van der Waals surface area contributed by atoms with Gasteiger partial charge in [-0.15, -0.1) is 11.3 Å². The fourth-order valence-electron chi connectivity index (χ4n) is 2.33. The summed E-state index contributed by atoms with van der Waals surface area (Å²) in [4.78, 5) is 27.5. The van der Waals surface area contributed by atoms with E-state index in [1.54, 1.807) is 41.8 Å². The standard InChI is InChI=1S/C18H15FN4O2S/c19-12-4-1-3-11(7-12)17-22-15(10-26-17)9-16(24)21-13-5-2-6-14(8-13)23-18(20)25/h1-8,10H,9H2,(H,21,24)(H3,20,23,25). The number of thiazole rings is 1. The third-order valence-corrected chi connectivity index (χ3v) is 4.32. The Morgan fingerprint density at radius 1 is 1.08 bits per heavy atom. The third-order valence-electron chi connectivity index (χ3n) is 3.38. The molecule has 0 radical (unpaired) electrons. The number of carbonyl (C=O) groups excluding carboxylic acids is 2. The van der Waals surface area contributed by atoms with E-state index in [1.165, 1.54) is 23.5 Å². The molecule has 8 heteroatoms. The molecule has 132 valence electrons. The number of rotatable bonds is 5. The van der Waals surface area contributed by atoms with E-state index in [1.807, 2.05) is 0 Å². The molecule has 1 heterocycles. The van der Waals surface area contributed by atoms with Crippen LogP contribution in [-0.2, 0) is 11.2 Å². The Balaban J connectivity index is 1.65. The zero-order valence-corrected chi connectivity index (χ0v) is 14.3. The Bertz CT molecular complexity index is 958. The Kier molecular flexibility index (Phi) is 5.23. The van der Waals surface area contributed by atoms with E-state index in [-0.39, 0.29) is 18.1 Å². The quantitative estimate of drug-likeness (QED) is 0.640. The summed E-state index contributed by atoms with van der Waals surface area (Å²) >= 11 is 1.35. The number of aromatic nitrogens is 1. The van der Waals surface area contributed by atoms with Gasteiger partial charge in [-0.3, -0.25) is 4.79 Å². The van der Waals surface area contributed by atoms with Gasteiger partial charge in [0.2, 0.25) is 5.91 Å². The summed E-state index contributed by atoms with van der Waals surface area (Å²) in [5.74, 6) is -0.584. The van der Waals surface area contributed by atoms with E-state index in [4.69, 9.17) is 5.73 Å². The highest BCUT2D eigenvalue weighted by atomic mass is 32.1. The van der Waals surface area contributed by atoms with Gasteiger partial charge in [0.05, 0.1) is 12.1 Å². The molecule has 0 saturated heterocycles. The topological polar surface area (TPSA) is 97.1 Å². The number of hydrogen-bond acceptors (Lipinski definition) is 4. The van der Waals surface area contributed by atoms with Crippen LogP contribution < -0.4 is 16.4 Å². The van der Waals surface area contributed by atoms with Crippen molar-refractivity contribution in [1.29, 1.82) is 0 Å². The van der Waals surface area contributed by atoms with Crippen molar-refractivity contribution in [3.63, 3.8) is 0 Å². The van der Waals surface area contributed by atoms with Gasteiger partial charge in [0.15, 0.2) is 0 Å². The van der Waals surface area contributed by atoms with Crippen LogP contribution in [0.25, 0.3) is 10.6 Å². The molecule has 3 rings (SSSR count). The van der Waals surface area contributed by atoms with Gasteiger partial charge in [0, 0.05) is 22.3 Å². The van der Waals surface area contributed by atoms with Crippen molar-refractivity contribution < 1.29 is 14.0 Å². The predicted molar refractivity (Wildman–Crippen MR) is 99.5 cm³/mol. The highest BCUT2D eigenvalue weighted by Crippen LogP contribution is 2.24. The molecule has 0 bridgehead atoms. The number of primary amides is 1. The van der Waals surface area contributed by atoms with E-state index in [2.05, 4.69) is 15.6 Å². The minimum Gasteiger partial charge on any atom is -0.351 e. The van der Waals surface area contributed by atoms with Gasteiger partial charge in [0.25, 0.3) is 0 Å². The van der Waals surface area contributed by atoms with Crippen molar-refractivity contribution in [3.8, 4) is 10.6 Å². The van der Waals surface area contributed by atoms with Crippen molar-refractivity contribution in [3.05, 3.63) is 65.4 Å². The molecule has 0 fully saturated rings. The lowest BCUT2D eigenvalue weighted by molar-refractivity contribution is -0.115. The van der Waals surface area contributed by atoms with Crippen LogP contribution in [0.2, 0.25) is 0 Å². The lowest BCUT2D eigenvalue weighted by atomic mass is 10.2. The maximum atomic E-state index is 13.3. The lowest BCUT2D eigenvalue weighted by Crippen LogP contribution is -2.19. The van der Waals surface area contributed by atoms with Crippen LogP contribution in [0.4, 0.5) is 20.6 Å². The van der Waals surface area contributed by atoms with Crippen molar-refractivity contribution in [2.24, 2.45) is 5.73 Å². The molecular weight excluding hydrogens is 355 g/mol. The Morgan fingerprint density at radius 3 is 2.54 bits per heavy atom. The summed E-state index contributed by atoms with van der Waals surface area (Å²) in [6, 6.07) is 12.1. The lowest BCUT2D eigenvalue weighted by Gasteiger charge is -2.07. The zero-order valence-electron chi connectivity index (χ0n) is 13.5. The Labute approximate surface area is 152 Å². The van der Waals surface area contributed by atoms with Crippen molar-refractivity contribution >= 4 is 34.6 Å². The second-order valence-corrected chi connectivity index (χ2v) is 6.31. The summed E-state index contributed by atoms with van der Waals surface area (Å²) in [7, 11) is 0. The molecular formula is C18H15FN4O2S. The number of amides is 3. The number of anilines is 2. The molecule has 2 aromatic carbocycles. The molecule has 3 amide bonds. The second kappa shape index (κ2) is 7.75. The molecule has 0 saturated carbocycles. The van der Waals surface area contributed by atoms with Gasteiger partial charge in [-0.2, -0.15) is 0 Å². The number of carbonyl (C=O) groups is 2. The first kappa shape index (κ1) is 17.6. The monoisotopic (exact) mass is 370 g/mol. The van der Waals surface area contributed by atoms with Gasteiger partial charge in [0.1, 0.15) is 10.8 Å². The third kappa shape index (κ3) is 4.64. The van der Waals surface area contributed by atoms with E-state index in [9.17, 15) is 14.0 Å². The Hall–Kier alpha value is -3.26. The first-order chi connectivity index (χ1) is 12.5. The molecule has 26 heavy (non-hydrogen) atoms. The van der Waals surface area contributed by atoms with E-state index in [0.717, 1.165) is 0 Å². The number of halogens is 1. The molecule has 0 unspecified atom stereocenters. The highest BCUT2D eigenvalue weighted by molar-refractivity contribution is 7.13. The summed E-state index contributed by atoms with van der Waals surface area (Å²) in [6.45, 7) is 0. The highest BCUT2D eigenvalue weighted by Gasteiger charge is 2.10. The first-order valence-electron chi connectivity index (χ1n) is 7.66. The van der Waals surface area contributed by atoms with Crippen LogP contribution in [0, 0.1) is 5.82 Å². The fourth-order valence-corrected chi connectivity index (χ4v) is 3.15. The van der Waals surface area contributed by atoms with Crippen LogP contribution in [0.5, 0.6) is 0 Å². The summed E-state index contributed by atoms with van der Waals surface area (Å²) in [5.41, 5.74) is 7.35. The van der Waals surface area contributed by atoms with E-state index in [0.29, 0.717) is 27.6 Å². The van der Waals surface area contributed by atoms with E-state index >= 15 is 0 Å². The van der Waals surface area contributed by atoms with Crippen molar-refractivity contribution in [2.45, 2.75) is 6.42 Å². The van der Waals surface area contributed by atoms with Crippen LogP contribution in [0.15, 0.2) is 53.9 Å². The summed E-state index contributed by atoms with van der Waals surface area (Å²) in [6.07, 6.45) is 0.0826. The first-order valence-corrected chi connectivity index (χ1v) is 8.54. The number of nitrogens with one attached hydrogen (secondary N) is 2. The number of nitrogens with zero attached hydrogens (tertiary/aromatic N) is 1. The summed E-state index contributed by atoms with van der Waals surface area (Å²) in [5, 5.41) is 7.60. The smallest absolute Gasteiger partial charge is 0.316 e. The SMILES string of the molecule is NC(=O)Nc1cccc(NC(=O)Cc2csc(-c3cccc(F)c3)n2)c1. The average molecular weight is 370 g/mol. The number of benzene rings is 2. The number of urea groups is 1. The van der Waals surface area contributed by atoms with Gasteiger partial charge >= 0.3 is 6.03 Å². The van der Waals surface area contributed by atoms with Gasteiger partial charge < -0.3 is 16.4 Å². The van der Waals surface area contributed by atoms with Crippen LogP contribution in [0.3, 0.4) is 0 Å². The molecule has 4 N–H and O–H groups in total. The largest absolute Gasteiger partial charge is 0.351 e. The normalized spacial score (nSPS) is 10.3. The van der Waals surface area contributed by atoms with E-state index < -0.39 is 6.03 Å². The summed E-state index contributed by atoms with van der Waals surface area (Å²) < 4.78 is 13.3. The van der Waals surface area contributed by atoms with Crippen LogP contribution >= 0.6 is 11.3 Å². The predicted octanol–water partition coefficient (Wildman–Crippen LogP) is 3.62. The maximum absolute atomic E-state index is 13.3. The minimum atomic E-state index is -0.680. The molecule has 0 atom stereocenters. The van der Waals surface area contributed by atoms with Crippen LogP contribution in [-0.4, -0.2) is 16.9 Å². The molecule has 6 nitrogen and oxygen atoms in total. The fraction of sp³-hybridized carbons (Fsp3) is 0.0556. The molecule has 0 spiro atoms. The molecule has 1 aromatic heterocycles. The number of nitrogens with two attached hydrogens (primary N) is 1.